The van der Waals surface area contributed by atoms with Gasteiger partial charge in [-0.25, -0.2) is 0 Å². The zero-order valence-corrected chi connectivity index (χ0v) is 14.3. The lowest BCUT2D eigenvalue weighted by Gasteiger charge is -2.26. The normalized spacial score (nSPS) is 24.4. The van der Waals surface area contributed by atoms with Gasteiger partial charge in [0.25, 0.3) is 0 Å². The quantitative estimate of drug-likeness (QED) is 0.446. The van der Waals surface area contributed by atoms with E-state index in [-0.39, 0.29) is 0 Å². The lowest BCUT2D eigenvalue weighted by atomic mass is 9.86. The van der Waals surface area contributed by atoms with Crippen LogP contribution in [0.5, 0.6) is 0 Å². The van der Waals surface area contributed by atoms with Crippen molar-refractivity contribution in [3.63, 3.8) is 0 Å². The highest BCUT2D eigenvalue weighted by atomic mass is 16.5. The third-order valence-electron chi connectivity index (χ3n) is 5.50. The standard InChI is InChI=1S/C18H33N3O/c1-2-19-17(20-11-5-13-22-14-16-6-7-16)21-12-10-18(15-21)8-3-4-9-18/h16H,2-15H2,1H3,(H,19,20). The molecule has 126 valence electrons. The Bertz CT molecular complexity index is 373. The fourth-order valence-electron chi connectivity index (χ4n) is 3.96. The van der Waals surface area contributed by atoms with Gasteiger partial charge in [0.05, 0.1) is 0 Å². The zero-order valence-electron chi connectivity index (χ0n) is 14.3. The van der Waals surface area contributed by atoms with E-state index in [1.165, 1.54) is 58.0 Å². The van der Waals surface area contributed by atoms with Gasteiger partial charge in [0.1, 0.15) is 0 Å². The van der Waals surface area contributed by atoms with Gasteiger partial charge in [0.15, 0.2) is 5.96 Å². The monoisotopic (exact) mass is 307 g/mol. The topological polar surface area (TPSA) is 36.9 Å². The summed E-state index contributed by atoms with van der Waals surface area (Å²) in [4.78, 5) is 7.33. The van der Waals surface area contributed by atoms with E-state index in [1.54, 1.807) is 0 Å². The van der Waals surface area contributed by atoms with Crippen LogP contribution >= 0.6 is 0 Å². The molecule has 1 saturated heterocycles. The van der Waals surface area contributed by atoms with Crippen molar-refractivity contribution in [2.24, 2.45) is 16.3 Å². The van der Waals surface area contributed by atoms with E-state index in [9.17, 15) is 0 Å². The van der Waals surface area contributed by atoms with Gasteiger partial charge in [-0.15, -0.1) is 0 Å². The molecule has 3 aliphatic rings. The average molecular weight is 307 g/mol. The molecule has 0 aromatic carbocycles. The lowest BCUT2D eigenvalue weighted by molar-refractivity contribution is 0.123. The first kappa shape index (κ1) is 16.1. The van der Waals surface area contributed by atoms with Crippen molar-refractivity contribution in [3.05, 3.63) is 0 Å². The summed E-state index contributed by atoms with van der Waals surface area (Å²) in [6.45, 7) is 8.25. The molecule has 2 saturated carbocycles. The largest absolute Gasteiger partial charge is 0.381 e. The molecule has 0 amide bonds. The van der Waals surface area contributed by atoms with E-state index in [0.717, 1.165) is 44.6 Å². The van der Waals surface area contributed by atoms with E-state index < -0.39 is 0 Å². The van der Waals surface area contributed by atoms with Crippen LogP contribution in [-0.2, 0) is 4.74 Å². The van der Waals surface area contributed by atoms with Crippen LogP contribution in [0.1, 0.15) is 58.3 Å². The number of nitrogens with zero attached hydrogens (tertiary/aromatic N) is 2. The van der Waals surface area contributed by atoms with Crippen molar-refractivity contribution in [3.8, 4) is 0 Å². The van der Waals surface area contributed by atoms with Crippen LogP contribution in [0.25, 0.3) is 0 Å². The molecule has 1 heterocycles. The van der Waals surface area contributed by atoms with Crippen molar-refractivity contribution in [2.75, 3.05) is 39.4 Å². The Morgan fingerprint density at radius 1 is 1.27 bits per heavy atom. The van der Waals surface area contributed by atoms with Gasteiger partial charge in [-0.2, -0.15) is 0 Å². The van der Waals surface area contributed by atoms with Gasteiger partial charge >= 0.3 is 0 Å². The van der Waals surface area contributed by atoms with Crippen molar-refractivity contribution in [1.29, 1.82) is 0 Å². The van der Waals surface area contributed by atoms with Crippen LogP contribution in [-0.4, -0.2) is 50.3 Å². The third kappa shape index (κ3) is 4.37. The van der Waals surface area contributed by atoms with Crippen molar-refractivity contribution in [2.45, 2.75) is 58.3 Å². The summed E-state index contributed by atoms with van der Waals surface area (Å²) in [6.07, 6.45) is 10.9. The molecule has 22 heavy (non-hydrogen) atoms. The molecule has 3 fully saturated rings. The number of rotatable bonds is 7. The molecule has 0 aromatic heterocycles. The minimum absolute atomic E-state index is 0.615. The smallest absolute Gasteiger partial charge is 0.193 e. The molecule has 1 aliphatic heterocycles. The number of ether oxygens (including phenoxy) is 1. The maximum Gasteiger partial charge on any atom is 0.193 e. The second-order valence-corrected chi connectivity index (χ2v) is 7.49. The molecule has 0 atom stereocenters. The molecular weight excluding hydrogens is 274 g/mol. The molecule has 4 heteroatoms. The summed E-state index contributed by atoms with van der Waals surface area (Å²) in [5, 5.41) is 3.49. The van der Waals surface area contributed by atoms with Crippen molar-refractivity contribution >= 4 is 5.96 Å². The average Bonchev–Trinajstić information content (AvgIpc) is 3.08. The Morgan fingerprint density at radius 3 is 2.82 bits per heavy atom. The molecule has 3 rings (SSSR count). The summed E-state index contributed by atoms with van der Waals surface area (Å²) < 4.78 is 5.70. The van der Waals surface area contributed by atoms with Crippen LogP contribution in [0.4, 0.5) is 0 Å². The highest BCUT2D eigenvalue weighted by Crippen LogP contribution is 2.45. The second kappa shape index (κ2) is 7.67. The van der Waals surface area contributed by atoms with E-state index in [2.05, 4.69) is 17.1 Å². The number of nitrogens with one attached hydrogen (secondary N) is 1. The molecule has 0 radical (unpaired) electrons. The Kier molecular flexibility index (Phi) is 5.61. The van der Waals surface area contributed by atoms with Crippen LogP contribution in [0.15, 0.2) is 4.99 Å². The minimum Gasteiger partial charge on any atom is -0.381 e. The van der Waals surface area contributed by atoms with Gasteiger partial charge in [0, 0.05) is 39.4 Å². The Morgan fingerprint density at radius 2 is 2.09 bits per heavy atom. The maximum atomic E-state index is 5.70. The van der Waals surface area contributed by atoms with Gasteiger partial charge in [-0.05, 0) is 56.8 Å². The highest BCUT2D eigenvalue weighted by molar-refractivity contribution is 5.80. The number of likely N-dealkylation sites (tertiary alicyclic amines) is 1. The maximum absolute atomic E-state index is 5.70. The predicted molar refractivity (Wildman–Crippen MR) is 91.2 cm³/mol. The molecule has 1 N–H and O–H groups in total. The first-order valence-electron chi connectivity index (χ1n) is 9.42. The zero-order chi connectivity index (χ0) is 15.3. The highest BCUT2D eigenvalue weighted by Gasteiger charge is 2.41. The number of guanidine groups is 1. The molecule has 0 unspecified atom stereocenters. The predicted octanol–water partition coefficient (Wildman–Crippen LogP) is 3.03. The van der Waals surface area contributed by atoms with E-state index in [0.29, 0.717) is 5.41 Å². The second-order valence-electron chi connectivity index (χ2n) is 7.49. The third-order valence-corrected chi connectivity index (χ3v) is 5.50. The molecule has 0 aromatic rings. The number of hydrogen-bond acceptors (Lipinski definition) is 2. The van der Waals surface area contributed by atoms with Crippen LogP contribution in [0.2, 0.25) is 0 Å². The molecule has 1 spiro atoms. The first-order chi connectivity index (χ1) is 10.8. The Hall–Kier alpha value is -0.770. The Labute approximate surface area is 135 Å². The van der Waals surface area contributed by atoms with Gasteiger partial charge < -0.3 is 15.0 Å². The van der Waals surface area contributed by atoms with Crippen LogP contribution in [0.3, 0.4) is 0 Å². The van der Waals surface area contributed by atoms with Gasteiger partial charge in [-0.3, -0.25) is 4.99 Å². The van der Waals surface area contributed by atoms with Crippen LogP contribution in [0, 0.1) is 11.3 Å². The Balaban J connectivity index is 1.41. The van der Waals surface area contributed by atoms with Crippen LogP contribution < -0.4 is 5.32 Å². The lowest BCUT2D eigenvalue weighted by Crippen LogP contribution is -2.41. The van der Waals surface area contributed by atoms with Crippen molar-refractivity contribution in [1.82, 2.24) is 10.2 Å². The summed E-state index contributed by atoms with van der Waals surface area (Å²) >= 11 is 0. The van der Waals surface area contributed by atoms with Crippen molar-refractivity contribution < 1.29 is 4.74 Å². The summed E-state index contributed by atoms with van der Waals surface area (Å²) in [7, 11) is 0. The van der Waals surface area contributed by atoms with E-state index >= 15 is 0 Å². The molecule has 4 nitrogen and oxygen atoms in total. The van der Waals surface area contributed by atoms with Gasteiger partial charge in [0.2, 0.25) is 0 Å². The minimum atomic E-state index is 0.615. The summed E-state index contributed by atoms with van der Waals surface area (Å²) in [5.74, 6) is 2.00. The summed E-state index contributed by atoms with van der Waals surface area (Å²) in [6, 6.07) is 0. The SMILES string of the molecule is CCNC(=NCCCOCC1CC1)N1CCC2(CCCC2)C1. The fraction of sp³-hybridized carbons (Fsp3) is 0.944. The number of hydrogen-bond donors (Lipinski definition) is 1. The number of aliphatic imine (C=N–C) groups is 1. The first-order valence-corrected chi connectivity index (χ1v) is 9.42. The van der Waals surface area contributed by atoms with Gasteiger partial charge in [-0.1, -0.05) is 12.8 Å². The molecular formula is C18H33N3O. The molecule has 2 aliphatic carbocycles. The van der Waals surface area contributed by atoms with E-state index in [1.807, 2.05) is 0 Å². The van der Waals surface area contributed by atoms with E-state index in [4.69, 9.17) is 9.73 Å². The summed E-state index contributed by atoms with van der Waals surface area (Å²) in [5.41, 5.74) is 0.615. The molecule has 0 bridgehead atoms. The fourth-order valence-corrected chi connectivity index (χ4v) is 3.96.